The van der Waals surface area contributed by atoms with Crippen molar-refractivity contribution >= 4 is 17.6 Å². The predicted molar refractivity (Wildman–Crippen MR) is 79.2 cm³/mol. The SMILES string of the molecule is CCN(CC)C(=O)CCNc1ccc(C(=O)O)cc1C. The Labute approximate surface area is 119 Å². The highest BCUT2D eigenvalue weighted by Gasteiger charge is 2.09. The number of amides is 1. The minimum Gasteiger partial charge on any atom is -0.478 e. The van der Waals surface area contributed by atoms with Crippen LogP contribution in [0.25, 0.3) is 0 Å². The Morgan fingerprint density at radius 3 is 2.40 bits per heavy atom. The van der Waals surface area contributed by atoms with Crippen LogP contribution >= 0.6 is 0 Å². The van der Waals surface area contributed by atoms with E-state index in [1.54, 1.807) is 23.1 Å². The number of aromatic carboxylic acids is 1. The fourth-order valence-electron chi connectivity index (χ4n) is 2.03. The molecule has 0 aliphatic carbocycles. The second kappa shape index (κ2) is 7.53. The highest BCUT2D eigenvalue weighted by atomic mass is 16.4. The van der Waals surface area contributed by atoms with Crippen molar-refractivity contribution in [2.45, 2.75) is 27.2 Å². The maximum atomic E-state index is 11.8. The van der Waals surface area contributed by atoms with Gasteiger partial charge in [0.05, 0.1) is 5.56 Å². The molecule has 1 amide bonds. The fourth-order valence-corrected chi connectivity index (χ4v) is 2.03. The molecule has 0 aliphatic heterocycles. The van der Waals surface area contributed by atoms with Gasteiger partial charge in [-0.15, -0.1) is 0 Å². The molecule has 1 aromatic rings. The molecule has 0 aliphatic rings. The first-order valence-electron chi connectivity index (χ1n) is 6.85. The van der Waals surface area contributed by atoms with Gasteiger partial charge >= 0.3 is 5.97 Å². The zero-order chi connectivity index (χ0) is 15.1. The third-order valence-electron chi connectivity index (χ3n) is 3.24. The Morgan fingerprint density at radius 2 is 1.90 bits per heavy atom. The van der Waals surface area contributed by atoms with Crippen molar-refractivity contribution in [3.8, 4) is 0 Å². The Morgan fingerprint density at radius 1 is 1.25 bits per heavy atom. The number of anilines is 1. The van der Waals surface area contributed by atoms with Gasteiger partial charge in [-0.3, -0.25) is 4.79 Å². The molecule has 1 aromatic carbocycles. The smallest absolute Gasteiger partial charge is 0.335 e. The van der Waals surface area contributed by atoms with Crippen LogP contribution in [-0.2, 0) is 4.79 Å². The van der Waals surface area contributed by atoms with E-state index in [-0.39, 0.29) is 11.5 Å². The van der Waals surface area contributed by atoms with Crippen LogP contribution in [0.5, 0.6) is 0 Å². The molecule has 0 radical (unpaired) electrons. The van der Waals surface area contributed by atoms with Gasteiger partial charge in [-0.1, -0.05) is 0 Å². The maximum Gasteiger partial charge on any atom is 0.335 e. The number of carboxylic acids is 1. The minimum absolute atomic E-state index is 0.127. The fraction of sp³-hybridized carbons (Fsp3) is 0.467. The number of carboxylic acid groups (broad SMARTS) is 1. The lowest BCUT2D eigenvalue weighted by atomic mass is 10.1. The Bertz CT molecular complexity index is 482. The van der Waals surface area contributed by atoms with Gasteiger partial charge in [-0.2, -0.15) is 0 Å². The molecule has 0 heterocycles. The van der Waals surface area contributed by atoms with Gasteiger partial charge in [0, 0.05) is 31.7 Å². The molecule has 0 saturated heterocycles. The van der Waals surface area contributed by atoms with E-state index in [1.165, 1.54) is 0 Å². The summed E-state index contributed by atoms with van der Waals surface area (Å²) in [6.45, 7) is 7.76. The molecule has 0 aromatic heterocycles. The first-order chi connectivity index (χ1) is 9.49. The first-order valence-corrected chi connectivity index (χ1v) is 6.85. The molecule has 0 fully saturated rings. The van der Waals surface area contributed by atoms with E-state index in [0.29, 0.717) is 13.0 Å². The van der Waals surface area contributed by atoms with Gasteiger partial charge in [0.1, 0.15) is 0 Å². The van der Waals surface area contributed by atoms with Crippen LogP contribution in [0.1, 0.15) is 36.2 Å². The number of nitrogens with one attached hydrogen (secondary N) is 1. The van der Waals surface area contributed by atoms with Gasteiger partial charge in [-0.25, -0.2) is 4.79 Å². The zero-order valence-electron chi connectivity index (χ0n) is 12.3. The average molecular weight is 278 g/mol. The standard InChI is InChI=1S/C15H22N2O3/c1-4-17(5-2)14(18)8-9-16-13-7-6-12(15(19)20)10-11(13)3/h6-7,10,16H,4-5,8-9H2,1-3H3,(H,19,20). The van der Waals surface area contributed by atoms with Crippen molar-refractivity contribution < 1.29 is 14.7 Å². The molecule has 5 heteroatoms. The zero-order valence-corrected chi connectivity index (χ0v) is 12.3. The summed E-state index contributed by atoms with van der Waals surface area (Å²) in [4.78, 5) is 24.5. The highest BCUT2D eigenvalue weighted by Crippen LogP contribution is 2.16. The Hall–Kier alpha value is -2.04. The molecule has 20 heavy (non-hydrogen) atoms. The summed E-state index contributed by atoms with van der Waals surface area (Å²) in [6.07, 6.45) is 0.432. The number of nitrogens with zero attached hydrogens (tertiary/aromatic N) is 1. The molecule has 0 spiro atoms. The number of aryl methyl sites for hydroxylation is 1. The number of rotatable bonds is 7. The van der Waals surface area contributed by atoms with Gasteiger partial charge < -0.3 is 15.3 Å². The summed E-state index contributed by atoms with van der Waals surface area (Å²) < 4.78 is 0. The van der Waals surface area contributed by atoms with Gasteiger partial charge in [0.2, 0.25) is 5.91 Å². The topological polar surface area (TPSA) is 69.6 Å². The number of carbonyl (C=O) groups is 2. The van der Waals surface area contributed by atoms with Crippen molar-refractivity contribution in [2.24, 2.45) is 0 Å². The average Bonchev–Trinajstić information content (AvgIpc) is 2.41. The number of hydrogen-bond acceptors (Lipinski definition) is 3. The number of benzene rings is 1. The summed E-state index contributed by atoms with van der Waals surface area (Å²) in [7, 11) is 0. The molecule has 0 saturated carbocycles. The molecule has 110 valence electrons. The molecule has 5 nitrogen and oxygen atoms in total. The summed E-state index contributed by atoms with van der Waals surface area (Å²) in [5, 5.41) is 12.1. The van der Waals surface area contributed by atoms with Crippen LogP contribution in [0.4, 0.5) is 5.69 Å². The van der Waals surface area contributed by atoms with Crippen LogP contribution < -0.4 is 5.32 Å². The molecule has 0 bridgehead atoms. The number of carbonyl (C=O) groups excluding carboxylic acids is 1. The number of hydrogen-bond donors (Lipinski definition) is 2. The van der Waals surface area contributed by atoms with E-state index in [1.807, 2.05) is 20.8 Å². The normalized spacial score (nSPS) is 10.2. The van der Waals surface area contributed by atoms with Crippen molar-refractivity contribution in [1.29, 1.82) is 0 Å². The summed E-state index contributed by atoms with van der Waals surface area (Å²) in [5.74, 6) is -0.807. The molecule has 0 atom stereocenters. The molecule has 2 N–H and O–H groups in total. The molecular weight excluding hydrogens is 256 g/mol. The van der Waals surface area contributed by atoms with Crippen molar-refractivity contribution in [2.75, 3.05) is 25.0 Å². The summed E-state index contributed by atoms with van der Waals surface area (Å²) >= 11 is 0. The van der Waals surface area contributed by atoms with E-state index < -0.39 is 5.97 Å². The quantitative estimate of drug-likeness (QED) is 0.803. The van der Waals surface area contributed by atoms with E-state index in [4.69, 9.17) is 5.11 Å². The summed E-state index contributed by atoms with van der Waals surface area (Å²) in [5.41, 5.74) is 2.00. The molecule has 0 unspecified atom stereocenters. The van der Waals surface area contributed by atoms with E-state index in [2.05, 4.69) is 5.32 Å². The van der Waals surface area contributed by atoms with E-state index in [9.17, 15) is 9.59 Å². The maximum absolute atomic E-state index is 11.8. The minimum atomic E-state index is -0.934. The van der Waals surface area contributed by atoms with Crippen molar-refractivity contribution in [3.05, 3.63) is 29.3 Å². The lowest BCUT2D eigenvalue weighted by Gasteiger charge is -2.19. The highest BCUT2D eigenvalue weighted by molar-refractivity contribution is 5.88. The second-order valence-electron chi connectivity index (χ2n) is 4.58. The van der Waals surface area contributed by atoms with E-state index >= 15 is 0 Å². The first kappa shape index (κ1) is 16.0. The van der Waals surface area contributed by atoms with Crippen LogP contribution in [0.15, 0.2) is 18.2 Å². The van der Waals surface area contributed by atoms with Gasteiger partial charge in [0.15, 0.2) is 0 Å². The van der Waals surface area contributed by atoms with Crippen LogP contribution in [-0.4, -0.2) is 41.5 Å². The van der Waals surface area contributed by atoms with Crippen molar-refractivity contribution in [1.82, 2.24) is 4.90 Å². The van der Waals surface area contributed by atoms with Crippen LogP contribution in [0.3, 0.4) is 0 Å². The Balaban J connectivity index is 2.54. The monoisotopic (exact) mass is 278 g/mol. The molecule has 1 rings (SSSR count). The van der Waals surface area contributed by atoms with Crippen LogP contribution in [0.2, 0.25) is 0 Å². The predicted octanol–water partition coefficient (Wildman–Crippen LogP) is 2.36. The van der Waals surface area contributed by atoms with Gasteiger partial charge in [0.25, 0.3) is 0 Å². The third kappa shape index (κ3) is 4.26. The Kier molecular flexibility index (Phi) is 6.03. The largest absolute Gasteiger partial charge is 0.478 e. The molecular formula is C15H22N2O3. The van der Waals surface area contributed by atoms with Crippen molar-refractivity contribution in [3.63, 3.8) is 0 Å². The lowest BCUT2D eigenvalue weighted by Crippen LogP contribution is -2.31. The summed E-state index contributed by atoms with van der Waals surface area (Å²) in [6, 6.07) is 4.92. The lowest BCUT2D eigenvalue weighted by molar-refractivity contribution is -0.130. The van der Waals surface area contributed by atoms with Crippen LogP contribution in [0, 0.1) is 6.92 Å². The third-order valence-corrected chi connectivity index (χ3v) is 3.24. The van der Waals surface area contributed by atoms with Gasteiger partial charge in [-0.05, 0) is 44.5 Å². The van der Waals surface area contributed by atoms with E-state index in [0.717, 1.165) is 24.3 Å². The second-order valence-corrected chi connectivity index (χ2v) is 4.58.